The SMILES string of the molecule is CCOC(=O)c1ccc(N2CCN(C(=O)c3ccccc3)CC2)c(NC(=O)c2cc([N+](=O)[O-])ccc2Cl)c1. The molecule has 0 unspecified atom stereocenters. The topological polar surface area (TPSA) is 122 Å². The number of carbonyl (C=O) groups excluding carboxylic acids is 3. The van der Waals surface area contributed by atoms with Crippen molar-refractivity contribution in [1.29, 1.82) is 0 Å². The lowest BCUT2D eigenvalue weighted by atomic mass is 10.1. The van der Waals surface area contributed by atoms with Gasteiger partial charge in [-0.25, -0.2) is 4.79 Å². The molecule has 4 rings (SSSR count). The van der Waals surface area contributed by atoms with E-state index in [4.69, 9.17) is 16.3 Å². The number of halogens is 1. The molecule has 0 saturated carbocycles. The molecular formula is C27H25ClN4O6. The van der Waals surface area contributed by atoms with Gasteiger partial charge in [0.1, 0.15) is 0 Å². The zero-order valence-electron chi connectivity index (χ0n) is 20.6. The van der Waals surface area contributed by atoms with Crippen LogP contribution >= 0.6 is 11.6 Å². The Morgan fingerprint density at radius 3 is 2.34 bits per heavy atom. The van der Waals surface area contributed by atoms with Crippen molar-refractivity contribution in [2.45, 2.75) is 6.92 Å². The first-order valence-electron chi connectivity index (χ1n) is 11.9. The summed E-state index contributed by atoms with van der Waals surface area (Å²) in [7, 11) is 0. The number of benzene rings is 3. The van der Waals surface area contributed by atoms with E-state index < -0.39 is 16.8 Å². The summed E-state index contributed by atoms with van der Waals surface area (Å²) < 4.78 is 5.10. The third-order valence-corrected chi connectivity index (χ3v) is 6.42. The molecule has 0 radical (unpaired) electrons. The molecule has 0 aliphatic carbocycles. The van der Waals surface area contributed by atoms with Crippen LogP contribution in [0.2, 0.25) is 5.02 Å². The van der Waals surface area contributed by atoms with Crippen molar-refractivity contribution >= 4 is 46.4 Å². The summed E-state index contributed by atoms with van der Waals surface area (Å²) in [6.07, 6.45) is 0. The molecule has 3 aromatic carbocycles. The lowest BCUT2D eigenvalue weighted by Gasteiger charge is -2.37. The summed E-state index contributed by atoms with van der Waals surface area (Å²) in [4.78, 5) is 52.7. The number of nitrogens with zero attached hydrogens (tertiary/aromatic N) is 3. The zero-order chi connectivity index (χ0) is 27.2. The molecule has 1 fully saturated rings. The molecule has 0 aromatic heterocycles. The van der Waals surface area contributed by atoms with Crippen LogP contribution in [0.4, 0.5) is 17.1 Å². The van der Waals surface area contributed by atoms with E-state index >= 15 is 0 Å². The maximum atomic E-state index is 13.1. The largest absolute Gasteiger partial charge is 0.462 e. The van der Waals surface area contributed by atoms with Gasteiger partial charge in [0, 0.05) is 43.9 Å². The van der Waals surface area contributed by atoms with Gasteiger partial charge in [0.2, 0.25) is 0 Å². The van der Waals surface area contributed by atoms with Gasteiger partial charge in [0.15, 0.2) is 0 Å². The van der Waals surface area contributed by atoms with Crippen LogP contribution in [-0.2, 0) is 4.74 Å². The lowest BCUT2D eigenvalue weighted by Crippen LogP contribution is -2.49. The number of hydrogen-bond donors (Lipinski definition) is 1. The van der Waals surface area contributed by atoms with Crippen LogP contribution in [0.3, 0.4) is 0 Å². The maximum absolute atomic E-state index is 13.1. The van der Waals surface area contributed by atoms with E-state index in [1.54, 1.807) is 36.1 Å². The second-order valence-electron chi connectivity index (χ2n) is 8.47. The van der Waals surface area contributed by atoms with E-state index in [9.17, 15) is 24.5 Å². The average Bonchev–Trinajstić information content (AvgIpc) is 2.93. The third kappa shape index (κ3) is 5.92. The van der Waals surface area contributed by atoms with E-state index in [0.29, 0.717) is 43.1 Å². The molecule has 1 saturated heterocycles. The van der Waals surface area contributed by atoms with Crippen molar-refractivity contribution < 1.29 is 24.0 Å². The molecule has 38 heavy (non-hydrogen) atoms. The summed E-state index contributed by atoms with van der Waals surface area (Å²) in [5.74, 6) is -1.28. The second-order valence-corrected chi connectivity index (χ2v) is 8.88. The van der Waals surface area contributed by atoms with Crippen molar-refractivity contribution in [2.24, 2.45) is 0 Å². The smallest absolute Gasteiger partial charge is 0.338 e. The van der Waals surface area contributed by atoms with Crippen LogP contribution in [0.5, 0.6) is 0 Å². The molecule has 1 N–H and O–H groups in total. The van der Waals surface area contributed by atoms with Crippen LogP contribution in [0.25, 0.3) is 0 Å². The van der Waals surface area contributed by atoms with Crippen molar-refractivity contribution in [3.63, 3.8) is 0 Å². The molecule has 10 nitrogen and oxygen atoms in total. The second kappa shape index (κ2) is 11.7. The number of esters is 1. The number of nitro benzene ring substituents is 1. The van der Waals surface area contributed by atoms with Gasteiger partial charge in [0.25, 0.3) is 17.5 Å². The Hall–Kier alpha value is -4.44. The number of amides is 2. The fourth-order valence-electron chi connectivity index (χ4n) is 4.16. The van der Waals surface area contributed by atoms with E-state index in [0.717, 1.165) is 6.07 Å². The molecular weight excluding hydrogens is 512 g/mol. The van der Waals surface area contributed by atoms with E-state index in [2.05, 4.69) is 5.32 Å². The monoisotopic (exact) mass is 536 g/mol. The summed E-state index contributed by atoms with van der Waals surface area (Å²) in [6.45, 7) is 3.75. The molecule has 0 spiro atoms. The number of rotatable bonds is 7. The minimum absolute atomic E-state index is 0.0456. The number of nitrogens with one attached hydrogen (secondary N) is 1. The number of hydrogen-bond acceptors (Lipinski definition) is 7. The average molecular weight is 537 g/mol. The number of anilines is 2. The Balaban J connectivity index is 1.59. The van der Waals surface area contributed by atoms with Gasteiger partial charge < -0.3 is 19.9 Å². The van der Waals surface area contributed by atoms with Gasteiger partial charge in [-0.05, 0) is 43.3 Å². The highest BCUT2D eigenvalue weighted by atomic mass is 35.5. The summed E-state index contributed by atoms with van der Waals surface area (Å²) in [6, 6.07) is 17.4. The normalized spacial score (nSPS) is 13.1. The fourth-order valence-corrected chi connectivity index (χ4v) is 4.36. The summed E-state index contributed by atoms with van der Waals surface area (Å²) >= 11 is 6.16. The number of nitro groups is 1. The Bertz CT molecular complexity index is 1370. The van der Waals surface area contributed by atoms with E-state index in [1.165, 1.54) is 18.2 Å². The van der Waals surface area contributed by atoms with E-state index in [-0.39, 0.29) is 34.4 Å². The van der Waals surface area contributed by atoms with Crippen LogP contribution in [0.1, 0.15) is 38.0 Å². The third-order valence-electron chi connectivity index (χ3n) is 6.09. The van der Waals surface area contributed by atoms with Crippen molar-refractivity contribution in [3.05, 3.63) is 98.6 Å². The van der Waals surface area contributed by atoms with Crippen LogP contribution < -0.4 is 10.2 Å². The van der Waals surface area contributed by atoms with Crippen molar-refractivity contribution in [2.75, 3.05) is 43.0 Å². The van der Waals surface area contributed by atoms with Crippen molar-refractivity contribution in [1.82, 2.24) is 4.90 Å². The lowest BCUT2D eigenvalue weighted by molar-refractivity contribution is -0.384. The fraction of sp³-hybridized carbons (Fsp3) is 0.222. The summed E-state index contributed by atoms with van der Waals surface area (Å²) in [5.41, 5.74) is 1.42. The van der Waals surface area contributed by atoms with Gasteiger partial charge in [-0.2, -0.15) is 0 Å². The minimum Gasteiger partial charge on any atom is -0.462 e. The van der Waals surface area contributed by atoms with Crippen LogP contribution in [-0.4, -0.2) is 60.4 Å². The van der Waals surface area contributed by atoms with E-state index in [1.807, 2.05) is 23.1 Å². The highest BCUT2D eigenvalue weighted by Crippen LogP contribution is 2.31. The Morgan fingerprint density at radius 1 is 0.974 bits per heavy atom. The first kappa shape index (κ1) is 26.6. The highest BCUT2D eigenvalue weighted by Gasteiger charge is 2.25. The highest BCUT2D eigenvalue weighted by molar-refractivity contribution is 6.34. The zero-order valence-corrected chi connectivity index (χ0v) is 21.3. The number of ether oxygens (including phenoxy) is 1. The molecule has 0 bridgehead atoms. The predicted octanol–water partition coefficient (Wildman–Crippen LogP) is 4.64. The number of piperazine rings is 1. The Morgan fingerprint density at radius 2 is 1.68 bits per heavy atom. The number of non-ortho nitro benzene ring substituents is 1. The Kier molecular flexibility index (Phi) is 8.22. The molecule has 1 aliphatic heterocycles. The maximum Gasteiger partial charge on any atom is 0.338 e. The van der Waals surface area contributed by atoms with Crippen molar-refractivity contribution in [3.8, 4) is 0 Å². The molecule has 196 valence electrons. The van der Waals surface area contributed by atoms with Gasteiger partial charge in [-0.1, -0.05) is 29.8 Å². The number of carbonyl (C=O) groups is 3. The summed E-state index contributed by atoms with van der Waals surface area (Å²) in [5, 5.41) is 14.0. The standard InChI is InChI=1S/C27H25ClN4O6/c1-2-38-27(35)19-8-11-24(30-12-14-31(15-13-30)26(34)18-6-4-3-5-7-18)23(16-19)29-25(33)21-17-20(32(36)37)9-10-22(21)28/h3-11,16-17H,2,12-15H2,1H3,(H,29,33). The Labute approximate surface area is 223 Å². The first-order valence-corrected chi connectivity index (χ1v) is 12.3. The van der Waals surface area contributed by atoms with Gasteiger partial charge in [-0.3, -0.25) is 19.7 Å². The molecule has 1 heterocycles. The molecule has 1 aliphatic rings. The van der Waals surface area contributed by atoms with Crippen LogP contribution in [0, 0.1) is 10.1 Å². The molecule has 11 heteroatoms. The molecule has 2 amide bonds. The predicted molar refractivity (Wildman–Crippen MR) is 143 cm³/mol. The minimum atomic E-state index is -0.668. The van der Waals surface area contributed by atoms with Gasteiger partial charge in [0.05, 0.1) is 39.1 Å². The first-order chi connectivity index (χ1) is 18.3. The van der Waals surface area contributed by atoms with Gasteiger partial charge in [-0.15, -0.1) is 0 Å². The van der Waals surface area contributed by atoms with Crippen LogP contribution in [0.15, 0.2) is 66.7 Å². The molecule has 0 atom stereocenters. The quantitative estimate of drug-likeness (QED) is 0.265. The van der Waals surface area contributed by atoms with Gasteiger partial charge >= 0.3 is 5.97 Å². The molecule has 3 aromatic rings.